The maximum absolute atomic E-state index is 13.3. The molecule has 4 aliphatic rings. The van der Waals surface area contributed by atoms with Crippen molar-refractivity contribution in [3.63, 3.8) is 0 Å². The molecule has 5 heteroatoms. The summed E-state index contributed by atoms with van der Waals surface area (Å²) in [5.41, 5.74) is -2.62. The van der Waals surface area contributed by atoms with E-state index in [1.54, 1.807) is 20.8 Å². The van der Waals surface area contributed by atoms with Gasteiger partial charge in [0.1, 0.15) is 11.2 Å². The molecular weight excluding hydrogens is 368 g/mol. The fourth-order valence-electron chi connectivity index (χ4n) is 7.48. The number of ether oxygens (including phenoxy) is 2. The lowest BCUT2D eigenvalue weighted by atomic mass is 9.42. The Morgan fingerprint density at radius 3 is 1.93 bits per heavy atom. The highest BCUT2D eigenvalue weighted by Gasteiger charge is 2.67. The molecule has 5 nitrogen and oxygen atoms in total. The van der Waals surface area contributed by atoms with Gasteiger partial charge in [0.25, 0.3) is 0 Å². The highest BCUT2D eigenvalue weighted by Crippen LogP contribution is 2.68. The smallest absolute Gasteiger partial charge is 0.333 e. The second-order valence-electron chi connectivity index (χ2n) is 12.5. The summed E-state index contributed by atoms with van der Waals surface area (Å²) in [6.07, 6.45) is 5.16. The van der Waals surface area contributed by atoms with Crippen LogP contribution in [0.1, 0.15) is 93.4 Å². The SMILES string of the molecule is C=C(C)C(=O)OC(C)(C)CC(C)(C)C(=O)OC12CC3(C)CC(C)(CC(O)(C3)C1)C2. The molecule has 0 spiro atoms. The minimum Gasteiger partial charge on any atom is -0.459 e. The molecule has 0 amide bonds. The number of aliphatic hydroxyl groups is 1. The van der Waals surface area contributed by atoms with Gasteiger partial charge in [0.05, 0.1) is 11.0 Å². The number of carbonyl (C=O) groups excluding carboxylic acids is 2. The van der Waals surface area contributed by atoms with Crippen LogP contribution < -0.4 is 0 Å². The van der Waals surface area contributed by atoms with Gasteiger partial charge in [-0.2, -0.15) is 0 Å². The Kier molecular flexibility index (Phi) is 4.87. The average molecular weight is 407 g/mol. The van der Waals surface area contributed by atoms with E-state index in [0.717, 1.165) is 32.1 Å². The topological polar surface area (TPSA) is 72.8 Å². The summed E-state index contributed by atoms with van der Waals surface area (Å²) in [5.74, 6) is -0.738. The quantitative estimate of drug-likeness (QED) is 0.511. The number of hydrogen-bond acceptors (Lipinski definition) is 5. The van der Waals surface area contributed by atoms with Crippen molar-refractivity contribution in [1.29, 1.82) is 0 Å². The van der Waals surface area contributed by atoms with E-state index in [0.29, 0.717) is 18.4 Å². The van der Waals surface area contributed by atoms with E-state index < -0.39 is 28.2 Å². The first-order valence-electron chi connectivity index (χ1n) is 10.8. The van der Waals surface area contributed by atoms with Crippen LogP contribution in [-0.2, 0) is 19.1 Å². The summed E-state index contributed by atoms with van der Waals surface area (Å²) in [7, 11) is 0. The van der Waals surface area contributed by atoms with Gasteiger partial charge in [0.15, 0.2) is 0 Å². The predicted molar refractivity (Wildman–Crippen MR) is 111 cm³/mol. The molecule has 0 aromatic heterocycles. The van der Waals surface area contributed by atoms with E-state index in [1.165, 1.54) is 0 Å². The Morgan fingerprint density at radius 2 is 1.48 bits per heavy atom. The van der Waals surface area contributed by atoms with Crippen LogP contribution in [0.4, 0.5) is 0 Å². The van der Waals surface area contributed by atoms with Gasteiger partial charge < -0.3 is 14.6 Å². The first kappa shape index (κ1) is 22.3. The molecular formula is C24H38O5. The zero-order chi connectivity index (χ0) is 22.1. The second-order valence-corrected chi connectivity index (χ2v) is 12.5. The van der Waals surface area contributed by atoms with Gasteiger partial charge in [0.2, 0.25) is 0 Å². The van der Waals surface area contributed by atoms with Gasteiger partial charge in [0, 0.05) is 18.4 Å². The van der Waals surface area contributed by atoms with Crippen LogP contribution in [0, 0.1) is 16.2 Å². The van der Waals surface area contributed by atoms with Crippen molar-refractivity contribution in [3.8, 4) is 0 Å². The first-order chi connectivity index (χ1) is 12.9. The third kappa shape index (κ3) is 4.40. The molecule has 4 fully saturated rings. The molecule has 0 aromatic rings. The van der Waals surface area contributed by atoms with Gasteiger partial charge in [-0.1, -0.05) is 20.4 Å². The van der Waals surface area contributed by atoms with Gasteiger partial charge in [-0.05, 0) is 77.6 Å². The standard InChI is InChI=1S/C24H38O5/c1-16(2)17(25)28-20(5,6)9-19(3,4)18(26)29-24-13-21(7)10-22(8,14-24)12-23(27,11-21)15-24/h27H,1,9-15H2,2-8H3. The zero-order valence-corrected chi connectivity index (χ0v) is 19.2. The van der Waals surface area contributed by atoms with Crippen molar-refractivity contribution < 1.29 is 24.2 Å². The Balaban J connectivity index is 1.75. The molecule has 0 radical (unpaired) electrons. The Hall–Kier alpha value is -1.36. The Morgan fingerprint density at radius 1 is 0.966 bits per heavy atom. The number of carbonyl (C=O) groups is 2. The van der Waals surface area contributed by atoms with Gasteiger partial charge in [-0.25, -0.2) is 4.79 Å². The predicted octanol–water partition coefficient (Wildman–Crippen LogP) is 4.71. The molecule has 2 unspecified atom stereocenters. The van der Waals surface area contributed by atoms with E-state index in [-0.39, 0.29) is 16.8 Å². The van der Waals surface area contributed by atoms with Gasteiger partial charge in [-0.3, -0.25) is 4.79 Å². The van der Waals surface area contributed by atoms with Crippen LogP contribution in [-0.4, -0.2) is 33.8 Å². The van der Waals surface area contributed by atoms with Crippen molar-refractivity contribution in [2.45, 2.75) is 110 Å². The Labute approximate surface area is 175 Å². The van der Waals surface area contributed by atoms with E-state index in [2.05, 4.69) is 20.4 Å². The number of esters is 2. The molecule has 1 N–H and O–H groups in total. The molecule has 4 rings (SSSR count). The minimum absolute atomic E-state index is 0.0129. The monoisotopic (exact) mass is 406 g/mol. The van der Waals surface area contributed by atoms with Crippen molar-refractivity contribution >= 4 is 11.9 Å². The molecule has 0 aliphatic heterocycles. The van der Waals surface area contributed by atoms with Gasteiger partial charge in [-0.15, -0.1) is 0 Å². The first-order valence-corrected chi connectivity index (χ1v) is 10.8. The summed E-state index contributed by atoms with van der Waals surface area (Å²) in [4.78, 5) is 25.3. The summed E-state index contributed by atoms with van der Waals surface area (Å²) in [6.45, 7) is 17.0. The molecule has 4 aliphatic carbocycles. The molecule has 29 heavy (non-hydrogen) atoms. The fourth-order valence-corrected chi connectivity index (χ4v) is 7.48. The molecule has 0 saturated heterocycles. The van der Waals surface area contributed by atoms with E-state index in [9.17, 15) is 14.7 Å². The van der Waals surface area contributed by atoms with Crippen molar-refractivity contribution in [2.75, 3.05) is 0 Å². The maximum Gasteiger partial charge on any atom is 0.333 e. The molecule has 2 atom stereocenters. The van der Waals surface area contributed by atoms with Crippen LogP contribution in [0.2, 0.25) is 0 Å². The minimum atomic E-state index is -0.827. The van der Waals surface area contributed by atoms with Crippen LogP contribution in [0.25, 0.3) is 0 Å². The van der Waals surface area contributed by atoms with E-state index >= 15 is 0 Å². The highest BCUT2D eigenvalue weighted by atomic mass is 16.6. The average Bonchev–Trinajstić information content (AvgIpc) is 2.38. The lowest BCUT2D eigenvalue weighted by Gasteiger charge is -2.67. The third-order valence-electron chi connectivity index (χ3n) is 6.96. The summed E-state index contributed by atoms with van der Waals surface area (Å²) < 4.78 is 11.8. The van der Waals surface area contributed by atoms with E-state index in [1.807, 2.05) is 13.8 Å². The lowest BCUT2D eigenvalue weighted by molar-refractivity contribution is -0.264. The summed E-state index contributed by atoms with van der Waals surface area (Å²) in [6, 6.07) is 0. The molecule has 164 valence electrons. The number of hydrogen-bond donors (Lipinski definition) is 1. The lowest BCUT2D eigenvalue weighted by Crippen LogP contribution is -2.67. The van der Waals surface area contributed by atoms with Crippen LogP contribution in [0.15, 0.2) is 12.2 Å². The van der Waals surface area contributed by atoms with Crippen LogP contribution in [0.3, 0.4) is 0 Å². The molecule has 0 heterocycles. The fraction of sp³-hybridized carbons (Fsp3) is 0.833. The summed E-state index contributed by atoms with van der Waals surface area (Å²) in [5, 5.41) is 11.2. The van der Waals surface area contributed by atoms with Crippen LogP contribution >= 0.6 is 0 Å². The normalized spacial score (nSPS) is 38.6. The van der Waals surface area contributed by atoms with Crippen LogP contribution in [0.5, 0.6) is 0 Å². The molecule has 4 saturated carbocycles. The van der Waals surface area contributed by atoms with Gasteiger partial charge >= 0.3 is 11.9 Å². The number of rotatable bonds is 6. The van der Waals surface area contributed by atoms with E-state index in [4.69, 9.17) is 9.47 Å². The summed E-state index contributed by atoms with van der Waals surface area (Å²) >= 11 is 0. The largest absolute Gasteiger partial charge is 0.459 e. The molecule has 4 bridgehead atoms. The third-order valence-corrected chi connectivity index (χ3v) is 6.96. The van der Waals surface area contributed by atoms with Crippen molar-refractivity contribution in [2.24, 2.45) is 16.2 Å². The molecule has 0 aromatic carbocycles. The maximum atomic E-state index is 13.3. The zero-order valence-electron chi connectivity index (χ0n) is 19.2. The van der Waals surface area contributed by atoms with Crippen molar-refractivity contribution in [3.05, 3.63) is 12.2 Å². The second kappa shape index (κ2) is 6.32. The van der Waals surface area contributed by atoms with Crippen molar-refractivity contribution in [1.82, 2.24) is 0 Å². The highest BCUT2D eigenvalue weighted by molar-refractivity contribution is 5.87. The Bertz CT molecular complexity index is 693.